The van der Waals surface area contributed by atoms with Gasteiger partial charge in [0.05, 0.1) is 40.2 Å². The molecule has 0 spiro atoms. The maximum Gasteiger partial charge on any atom is 0.472 e. The zero-order valence-corrected chi connectivity index (χ0v) is 25.2. The smallest absolute Gasteiger partial charge is 0.337 e. The first-order valence-electron chi connectivity index (χ1n) is 14.8. The number of likely N-dealkylation sites (N-methyl/N-ethyl adjacent to an activating group) is 1. The number of rotatable bonds is 23. The van der Waals surface area contributed by atoms with E-state index in [0.29, 0.717) is 30.4 Å². The quantitative estimate of drug-likeness (QED) is 0.0703. The van der Waals surface area contributed by atoms with Gasteiger partial charge in [0.15, 0.2) is 0 Å². The van der Waals surface area contributed by atoms with Crippen molar-refractivity contribution in [3.63, 3.8) is 0 Å². The summed E-state index contributed by atoms with van der Waals surface area (Å²) < 4.78 is 23.0. The number of ketones is 1. The largest absolute Gasteiger partial charge is 0.472 e. The molecule has 218 valence electrons. The van der Waals surface area contributed by atoms with Crippen LogP contribution in [0.5, 0.6) is 0 Å². The molecule has 2 atom stereocenters. The molecule has 0 aromatic heterocycles. The van der Waals surface area contributed by atoms with Crippen molar-refractivity contribution in [3.8, 4) is 0 Å². The number of Topliss-reactive ketones (excluding diaryl/α,β-unsaturated/α-hetero) is 1. The standard InChI is InChI=1S/C28H55N2O6P/c1-5-6-7-8-9-10-11-12-13-14-15-16-17-20-27(31)24-28(32)29-21-18-19-26(29)25-36-37(33,34)35-23-22-30(2,3)4/h26H,5-25H2,1-4H3/p+1/t26-/m1/s1. The van der Waals surface area contributed by atoms with E-state index in [1.807, 2.05) is 21.1 Å². The van der Waals surface area contributed by atoms with Crippen molar-refractivity contribution in [2.45, 2.75) is 122 Å². The lowest BCUT2D eigenvalue weighted by Crippen LogP contribution is -2.39. The van der Waals surface area contributed by atoms with E-state index < -0.39 is 7.82 Å². The Labute approximate surface area is 226 Å². The molecule has 1 aliphatic heterocycles. The molecule has 0 aromatic rings. The molecular formula is C28H56N2O6P+. The van der Waals surface area contributed by atoms with Crippen molar-refractivity contribution in [2.75, 3.05) is 47.4 Å². The molecule has 1 unspecified atom stereocenters. The number of hydrogen-bond acceptors (Lipinski definition) is 5. The number of hydrogen-bond donors (Lipinski definition) is 1. The lowest BCUT2D eigenvalue weighted by atomic mass is 10.0. The monoisotopic (exact) mass is 547 g/mol. The molecule has 37 heavy (non-hydrogen) atoms. The Balaban J connectivity index is 2.13. The fourth-order valence-corrected chi connectivity index (χ4v) is 5.43. The van der Waals surface area contributed by atoms with Crippen LogP contribution >= 0.6 is 7.82 Å². The SMILES string of the molecule is CCCCCCCCCCCCCCCC(=O)CC(=O)N1CCC[C@@H]1COP(=O)(O)OCC[N+](C)(C)C. The molecular weight excluding hydrogens is 491 g/mol. The van der Waals surface area contributed by atoms with Gasteiger partial charge in [-0.1, -0.05) is 84.0 Å². The highest BCUT2D eigenvalue weighted by Crippen LogP contribution is 2.43. The molecule has 1 N–H and O–H groups in total. The third-order valence-corrected chi connectivity index (χ3v) is 8.04. The summed E-state index contributed by atoms with van der Waals surface area (Å²) in [5.41, 5.74) is 0. The number of amides is 1. The Bertz CT molecular complexity index is 682. The van der Waals surface area contributed by atoms with E-state index in [9.17, 15) is 19.0 Å². The van der Waals surface area contributed by atoms with Gasteiger partial charge < -0.3 is 14.3 Å². The molecule has 1 fully saturated rings. The van der Waals surface area contributed by atoms with Crippen LogP contribution in [-0.4, -0.2) is 79.5 Å². The second-order valence-electron chi connectivity index (χ2n) is 11.7. The molecule has 1 saturated heterocycles. The van der Waals surface area contributed by atoms with Crippen molar-refractivity contribution in [2.24, 2.45) is 0 Å². The number of unbranched alkanes of at least 4 members (excludes halogenated alkanes) is 12. The van der Waals surface area contributed by atoms with Gasteiger partial charge in [-0.2, -0.15) is 0 Å². The zero-order chi connectivity index (χ0) is 27.6. The highest BCUT2D eigenvalue weighted by Gasteiger charge is 2.32. The third kappa shape index (κ3) is 18.2. The predicted molar refractivity (Wildman–Crippen MR) is 149 cm³/mol. The number of nitrogens with zero attached hydrogens (tertiary/aromatic N) is 2. The van der Waals surface area contributed by atoms with Crippen molar-refractivity contribution in [3.05, 3.63) is 0 Å². The van der Waals surface area contributed by atoms with Gasteiger partial charge in [-0.05, 0) is 19.3 Å². The van der Waals surface area contributed by atoms with E-state index >= 15 is 0 Å². The van der Waals surface area contributed by atoms with Crippen molar-refractivity contribution >= 4 is 19.5 Å². The minimum absolute atomic E-state index is 0.0175. The van der Waals surface area contributed by atoms with Crippen molar-refractivity contribution in [1.29, 1.82) is 0 Å². The van der Waals surface area contributed by atoms with Crippen LogP contribution in [0.25, 0.3) is 0 Å². The summed E-state index contributed by atoms with van der Waals surface area (Å²) in [5.74, 6) is -0.222. The topological polar surface area (TPSA) is 93.1 Å². The maximum absolute atomic E-state index is 12.7. The van der Waals surface area contributed by atoms with Crippen molar-refractivity contribution < 1.29 is 32.6 Å². The number of phosphoric ester groups is 1. The van der Waals surface area contributed by atoms with Gasteiger partial charge in [0, 0.05) is 13.0 Å². The molecule has 0 aliphatic carbocycles. The Morgan fingerprint density at radius 2 is 1.43 bits per heavy atom. The van der Waals surface area contributed by atoms with Gasteiger partial charge in [-0.15, -0.1) is 0 Å². The fourth-order valence-electron chi connectivity index (χ4n) is 4.68. The summed E-state index contributed by atoms with van der Waals surface area (Å²) >= 11 is 0. The molecule has 9 heteroatoms. The van der Waals surface area contributed by atoms with E-state index in [4.69, 9.17) is 9.05 Å². The van der Waals surface area contributed by atoms with Crippen LogP contribution < -0.4 is 0 Å². The van der Waals surface area contributed by atoms with Gasteiger partial charge in [-0.25, -0.2) is 4.57 Å². The molecule has 1 heterocycles. The third-order valence-electron chi connectivity index (χ3n) is 7.05. The Morgan fingerprint density at radius 3 is 1.97 bits per heavy atom. The van der Waals surface area contributed by atoms with Gasteiger partial charge in [-0.3, -0.25) is 18.6 Å². The number of likely N-dealkylation sites (tertiary alicyclic amines) is 1. The van der Waals surface area contributed by atoms with Gasteiger partial charge >= 0.3 is 7.82 Å². The zero-order valence-electron chi connectivity index (χ0n) is 24.3. The van der Waals surface area contributed by atoms with E-state index in [0.717, 1.165) is 25.7 Å². The molecule has 8 nitrogen and oxygen atoms in total. The van der Waals surface area contributed by atoms with E-state index in [2.05, 4.69) is 6.92 Å². The summed E-state index contributed by atoms with van der Waals surface area (Å²) in [6, 6.07) is -0.292. The molecule has 1 aliphatic rings. The molecule has 0 saturated carbocycles. The highest BCUT2D eigenvalue weighted by atomic mass is 31.2. The summed E-state index contributed by atoms with van der Waals surface area (Å²) in [4.78, 5) is 36.6. The Kier molecular flexibility index (Phi) is 17.9. The second-order valence-corrected chi connectivity index (χ2v) is 13.2. The first-order chi connectivity index (χ1) is 17.5. The predicted octanol–water partition coefficient (Wildman–Crippen LogP) is 6.26. The van der Waals surface area contributed by atoms with E-state index in [-0.39, 0.29) is 37.4 Å². The lowest BCUT2D eigenvalue weighted by Gasteiger charge is -2.26. The number of carbonyl (C=O) groups excluding carboxylic acids is 2. The first kappa shape index (κ1) is 34.2. The van der Waals surface area contributed by atoms with Crippen LogP contribution in [0.3, 0.4) is 0 Å². The number of quaternary nitrogens is 1. The molecule has 1 rings (SSSR count). The maximum atomic E-state index is 12.7. The van der Waals surface area contributed by atoms with Gasteiger partial charge in [0.25, 0.3) is 0 Å². The summed E-state index contributed by atoms with van der Waals surface area (Å²) in [6.45, 7) is 3.43. The number of carbonyl (C=O) groups is 2. The van der Waals surface area contributed by atoms with Crippen LogP contribution in [0.2, 0.25) is 0 Å². The highest BCUT2D eigenvalue weighted by molar-refractivity contribution is 7.47. The first-order valence-corrected chi connectivity index (χ1v) is 16.3. The van der Waals surface area contributed by atoms with E-state index in [1.54, 1.807) is 4.90 Å². The Morgan fingerprint density at radius 1 is 0.892 bits per heavy atom. The lowest BCUT2D eigenvalue weighted by molar-refractivity contribution is -0.870. The second kappa shape index (κ2) is 19.3. The molecule has 0 radical (unpaired) electrons. The number of phosphoric acid groups is 1. The summed E-state index contributed by atoms with van der Waals surface area (Å²) in [5, 5.41) is 0. The van der Waals surface area contributed by atoms with Gasteiger partial charge in [0.2, 0.25) is 5.91 Å². The normalized spacial score (nSPS) is 17.8. The van der Waals surface area contributed by atoms with Crippen LogP contribution in [0, 0.1) is 0 Å². The van der Waals surface area contributed by atoms with E-state index in [1.165, 1.54) is 64.2 Å². The molecule has 0 aromatic carbocycles. The minimum Gasteiger partial charge on any atom is -0.337 e. The summed E-state index contributed by atoms with van der Waals surface area (Å²) in [6.07, 6.45) is 18.2. The summed E-state index contributed by atoms with van der Waals surface area (Å²) in [7, 11) is 1.73. The molecule has 0 bridgehead atoms. The fraction of sp³-hybridized carbons (Fsp3) is 0.929. The van der Waals surface area contributed by atoms with Crippen LogP contribution in [0.4, 0.5) is 0 Å². The minimum atomic E-state index is -4.17. The van der Waals surface area contributed by atoms with Crippen LogP contribution in [0.15, 0.2) is 0 Å². The average Bonchev–Trinajstić information content (AvgIpc) is 3.29. The Hall–Kier alpha value is -0.790. The van der Waals surface area contributed by atoms with Crippen molar-refractivity contribution in [1.82, 2.24) is 4.90 Å². The molecule has 1 amide bonds. The average molecular weight is 548 g/mol. The van der Waals surface area contributed by atoms with Crippen LogP contribution in [-0.2, 0) is 23.2 Å². The van der Waals surface area contributed by atoms with Crippen LogP contribution in [0.1, 0.15) is 116 Å². The van der Waals surface area contributed by atoms with Gasteiger partial charge in [0.1, 0.15) is 18.9 Å².